The molecule has 0 bridgehead atoms. The molecule has 138 valence electrons. The fraction of sp³-hybridized carbons (Fsp3) is 0.350. The van der Waals surface area contributed by atoms with Crippen LogP contribution < -0.4 is 4.74 Å². The van der Waals surface area contributed by atoms with Gasteiger partial charge in [-0.15, -0.1) is 0 Å². The van der Waals surface area contributed by atoms with E-state index < -0.39 is 0 Å². The number of nitrogens with one attached hydrogen (secondary N) is 1. The Morgan fingerprint density at radius 1 is 1.19 bits per heavy atom. The second-order valence-electron chi connectivity index (χ2n) is 7.13. The van der Waals surface area contributed by atoms with Crippen LogP contribution in [0.3, 0.4) is 0 Å². The van der Waals surface area contributed by atoms with Crippen molar-refractivity contribution in [1.29, 1.82) is 0 Å². The maximum absolute atomic E-state index is 13.3. The molecule has 0 saturated heterocycles. The van der Waals surface area contributed by atoms with Gasteiger partial charge in [0, 0.05) is 35.4 Å². The van der Waals surface area contributed by atoms with E-state index in [4.69, 9.17) is 4.74 Å². The molecular formula is C20H21N5O2. The average molecular weight is 363 g/mol. The van der Waals surface area contributed by atoms with Crippen molar-refractivity contribution in [1.82, 2.24) is 24.6 Å². The number of hydrogen-bond acceptors (Lipinski definition) is 4. The number of rotatable bonds is 3. The molecule has 3 aromatic heterocycles. The van der Waals surface area contributed by atoms with Crippen molar-refractivity contribution in [3.05, 3.63) is 65.4 Å². The molecule has 2 aliphatic rings. The zero-order chi connectivity index (χ0) is 18.2. The summed E-state index contributed by atoms with van der Waals surface area (Å²) in [7, 11) is 0. The van der Waals surface area contributed by atoms with Gasteiger partial charge in [-0.25, -0.2) is 4.98 Å². The molecule has 1 aliphatic heterocycles. The van der Waals surface area contributed by atoms with Crippen LogP contribution in [0.25, 0.3) is 0 Å². The highest BCUT2D eigenvalue weighted by Crippen LogP contribution is 2.25. The van der Waals surface area contributed by atoms with Gasteiger partial charge in [0.05, 0.1) is 19.6 Å². The molecule has 1 atom stereocenters. The first-order chi connectivity index (χ1) is 13.3. The largest absolute Gasteiger partial charge is 0.471 e. The molecule has 0 saturated carbocycles. The summed E-state index contributed by atoms with van der Waals surface area (Å²) in [5.74, 6) is 0.546. The van der Waals surface area contributed by atoms with Gasteiger partial charge >= 0.3 is 0 Å². The third kappa shape index (κ3) is 2.99. The second kappa shape index (κ2) is 6.57. The van der Waals surface area contributed by atoms with Gasteiger partial charge < -0.3 is 14.2 Å². The average Bonchev–Trinajstić information content (AvgIpc) is 3.37. The van der Waals surface area contributed by atoms with Crippen molar-refractivity contribution in [3.8, 4) is 5.88 Å². The number of carbonyl (C=O) groups is 1. The van der Waals surface area contributed by atoms with Crippen molar-refractivity contribution >= 4 is 5.91 Å². The quantitative estimate of drug-likeness (QED) is 0.774. The Balaban J connectivity index is 1.43. The fourth-order valence-corrected chi connectivity index (χ4v) is 4.02. The summed E-state index contributed by atoms with van der Waals surface area (Å²) < 4.78 is 8.25. The number of aromatic amines is 1. The lowest BCUT2D eigenvalue weighted by Gasteiger charge is -2.24. The Morgan fingerprint density at radius 3 is 3.04 bits per heavy atom. The molecule has 1 unspecified atom stereocenters. The number of ether oxygens (including phenoxy) is 1. The van der Waals surface area contributed by atoms with Gasteiger partial charge in [0.1, 0.15) is 6.10 Å². The molecule has 4 heterocycles. The summed E-state index contributed by atoms with van der Waals surface area (Å²) in [5.41, 5.74) is 3.86. The molecule has 5 rings (SSSR count). The third-order valence-corrected chi connectivity index (χ3v) is 5.32. The van der Waals surface area contributed by atoms with Crippen LogP contribution in [0.15, 0.2) is 42.7 Å². The van der Waals surface area contributed by atoms with E-state index in [1.54, 1.807) is 6.20 Å². The molecule has 7 heteroatoms. The minimum Gasteiger partial charge on any atom is -0.471 e. The number of nitrogens with zero attached hydrogens (tertiary/aromatic N) is 4. The molecule has 0 fully saturated rings. The minimum atomic E-state index is -0.176. The van der Waals surface area contributed by atoms with E-state index in [0.29, 0.717) is 31.2 Å². The predicted molar refractivity (Wildman–Crippen MR) is 98.4 cm³/mol. The molecule has 0 aromatic carbocycles. The first-order valence-electron chi connectivity index (χ1n) is 9.35. The minimum absolute atomic E-state index is 0.0290. The summed E-state index contributed by atoms with van der Waals surface area (Å²) in [5, 5.41) is 7.36. The van der Waals surface area contributed by atoms with Gasteiger partial charge in [-0.1, -0.05) is 6.07 Å². The maximum Gasteiger partial charge on any atom is 0.275 e. The van der Waals surface area contributed by atoms with Crippen LogP contribution in [-0.2, 0) is 25.9 Å². The molecule has 1 aliphatic carbocycles. The van der Waals surface area contributed by atoms with Crippen LogP contribution in [0.5, 0.6) is 5.88 Å². The lowest BCUT2D eigenvalue weighted by molar-refractivity contribution is 0.0639. The SMILES string of the molecule is O=C(c1n[nH]c2c1CCC2)N1Cc2cccn2CC(Oc2ccccn2)C1. The Hall–Kier alpha value is -3.09. The van der Waals surface area contributed by atoms with Crippen molar-refractivity contribution in [2.75, 3.05) is 6.54 Å². The van der Waals surface area contributed by atoms with Crippen molar-refractivity contribution in [2.45, 2.75) is 38.5 Å². The topological polar surface area (TPSA) is 76.0 Å². The first-order valence-corrected chi connectivity index (χ1v) is 9.35. The van der Waals surface area contributed by atoms with Crippen LogP contribution in [0.2, 0.25) is 0 Å². The third-order valence-electron chi connectivity index (χ3n) is 5.32. The Labute approximate surface area is 157 Å². The molecular weight excluding hydrogens is 342 g/mol. The van der Waals surface area contributed by atoms with E-state index in [0.717, 1.165) is 36.2 Å². The van der Waals surface area contributed by atoms with E-state index in [1.807, 2.05) is 35.4 Å². The molecule has 3 aromatic rings. The summed E-state index contributed by atoms with van der Waals surface area (Å²) in [4.78, 5) is 19.4. The zero-order valence-corrected chi connectivity index (χ0v) is 15.0. The summed E-state index contributed by atoms with van der Waals surface area (Å²) >= 11 is 0. The monoisotopic (exact) mass is 363 g/mol. The predicted octanol–water partition coefficient (Wildman–Crippen LogP) is 2.20. The number of amides is 1. The molecule has 1 amide bonds. The number of pyridine rings is 1. The smallest absolute Gasteiger partial charge is 0.275 e. The number of fused-ring (bicyclic) bond motifs is 2. The van der Waals surface area contributed by atoms with E-state index >= 15 is 0 Å². The van der Waals surface area contributed by atoms with Crippen LogP contribution in [0.1, 0.15) is 33.9 Å². The first kappa shape index (κ1) is 16.1. The molecule has 0 spiro atoms. The van der Waals surface area contributed by atoms with Crippen molar-refractivity contribution < 1.29 is 9.53 Å². The summed E-state index contributed by atoms with van der Waals surface area (Å²) in [6, 6.07) is 9.66. The van der Waals surface area contributed by atoms with Gasteiger partial charge in [-0.05, 0) is 37.5 Å². The van der Waals surface area contributed by atoms with Gasteiger partial charge in [0.25, 0.3) is 5.91 Å². The number of aromatic nitrogens is 4. The molecule has 0 radical (unpaired) electrons. The van der Waals surface area contributed by atoms with E-state index in [1.165, 1.54) is 0 Å². The van der Waals surface area contributed by atoms with Crippen LogP contribution in [0.4, 0.5) is 0 Å². The maximum atomic E-state index is 13.3. The van der Waals surface area contributed by atoms with Gasteiger partial charge in [-0.2, -0.15) is 5.10 Å². The summed E-state index contributed by atoms with van der Waals surface area (Å²) in [6.07, 6.45) is 6.55. The second-order valence-corrected chi connectivity index (χ2v) is 7.13. The number of H-pyrrole nitrogens is 1. The standard InChI is InChI=1S/C20H21N5O2/c26-20(19-16-6-3-7-17(16)22-23-19)25-11-14-5-4-10-24(14)12-15(13-25)27-18-8-1-2-9-21-18/h1-2,4-5,8-10,15H,3,6-7,11-13H2,(H,22,23). The highest BCUT2D eigenvalue weighted by molar-refractivity contribution is 5.94. The molecule has 27 heavy (non-hydrogen) atoms. The molecule has 1 N–H and O–H groups in total. The Kier molecular flexibility index (Phi) is 3.92. The zero-order valence-electron chi connectivity index (χ0n) is 15.0. The Bertz CT molecular complexity index is 962. The van der Waals surface area contributed by atoms with Crippen molar-refractivity contribution in [3.63, 3.8) is 0 Å². The van der Waals surface area contributed by atoms with Crippen LogP contribution >= 0.6 is 0 Å². The van der Waals surface area contributed by atoms with Gasteiger partial charge in [-0.3, -0.25) is 9.89 Å². The highest BCUT2D eigenvalue weighted by atomic mass is 16.5. The van der Waals surface area contributed by atoms with E-state index in [-0.39, 0.29) is 12.0 Å². The highest BCUT2D eigenvalue weighted by Gasteiger charge is 2.31. The van der Waals surface area contributed by atoms with Crippen LogP contribution in [0, 0.1) is 0 Å². The van der Waals surface area contributed by atoms with Crippen molar-refractivity contribution in [2.24, 2.45) is 0 Å². The van der Waals surface area contributed by atoms with E-state index in [2.05, 4.69) is 25.8 Å². The summed E-state index contributed by atoms with van der Waals surface area (Å²) in [6.45, 7) is 1.73. The Morgan fingerprint density at radius 2 is 2.15 bits per heavy atom. The number of hydrogen-bond donors (Lipinski definition) is 1. The van der Waals surface area contributed by atoms with E-state index in [9.17, 15) is 4.79 Å². The van der Waals surface area contributed by atoms with Gasteiger partial charge in [0.2, 0.25) is 5.88 Å². The number of carbonyl (C=O) groups excluding carboxylic acids is 1. The lowest BCUT2D eigenvalue weighted by atomic mass is 10.1. The van der Waals surface area contributed by atoms with Crippen LogP contribution in [-0.4, -0.2) is 43.2 Å². The normalized spacial score (nSPS) is 18.7. The fourth-order valence-electron chi connectivity index (χ4n) is 4.02. The number of aryl methyl sites for hydroxylation is 1. The van der Waals surface area contributed by atoms with Gasteiger partial charge in [0.15, 0.2) is 5.69 Å². The molecule has 7 nitrogen and oxygen atoms in total. The lowest BCUT2D eigenvalue weighted by Crippen LogP contribution is -2.39.